The Bertz CT molecular complexity index is 911. The Hall–Kier alpha value is -3.22. The van der Waals surface area contributed by atoms with Gasteiger partial charge < -0.3 is 14.6 Å². The van der Waals surface area contributed by atoms with Crippen molar-refractivity contribution in [2.45, 2.75) is 25.8 Å². The molecule has 1 aliphatic heterocycles. The second-order valence-corrected chi connectivity index (χ2v) is 6.67. The van der Waals surface area contributed by atoms with Gasteiger partial charge in [0.25, 0.3) is 5.91 Å². The third-order valence-electron chi connectivity index (χ3n) is 4.57. The first kappa shape index (κ1) is 17.2. The zero-order valence-corrected chi connectivity index (χ0v) is 15.1. The van der Waals surface area contributed by atoms with Crippen LogP contribution in [0.1, 0.15) is 29.1 Å². The van der Waals surface area contributed by atoms with Crippen molar-refractivity contribution in [3.8, 4) is 11.4 Å². The molecule has 0 saturated carbocycles. The van der Waals surface area contributed by atoms with Crippen molar-refractivity contribution in [1.82, 2.24) is 19.9 Å². The Kier molecular flexibility index (Phi) is 4.82. The van der Waals surface area contributed by atoms with Gasteiger partial charge in [0.1, 0.15) is 5.82 Å². The molecule has 3 aromatic rings. The van der Waals surface area contributed by atoms with Gasteiger partial charge in [-0.2, -0.15) is 0 Å². The maximum Gasteiger partial charge on any atom is 0.289 e. The average molecular weight is 363 g/mol. The van der Waals surface area contributed by atoms with Gasteiger partial charge in [-0.3, -0.25) is 9.78 Å². The smallest absolute Gasteiger partial charge is 0.289 e. The van der Waals surface area contributed by atoms with Gasteiger partial charge in [0.05, 0.1) is 6.26 Å². The van der Waals surface area contributed by atoms with Crippen molar-refractivity contribution in [2.75, 3.05) is 18.4 Å². The molecule has 0 bridgehead atoms. The number of rotatable bonds is 4. The van der Waals surface area contributed by atoms with Crippen molar-refractivity contribution in [1.29, 1.82) is 0 Å². The van der Waals surface area contributed by atoms with Gasteiger partial charge in [0, 0.05) is 48.8 Å². The van der Waals surface area contributed by atoms with Crippen LogP contribution in [-0.2, 0) is 0 Å². The quantitative estimate of drug-likeness (QED) is 0.766. The first-order chi connectivity index (χ1) is 13.2. The summed E-state index contributed by atoms with van der Waals surface area (Å²) in [6, 6.07) is 9.30. The Morgan fingerprint density at radius 2 is 2.22 bits per heavy atom. The second kappa shape index (κ2) is 7.57. The lowest BCUT2D eigenvalue weighted by molar-refractivity contribution is 0.0682. The van der Waals surface area contributed by atoms with Gasteiger partial charge in [-0.15, -0.1) is 0 Å². The van der Waals surface area contributed by atoms with Gasteiger partial charge >= 0.3 is 0 Å². The van der Waals surface area contributed by atoms with Crippen molar-refractivity contribution < 1.29 is 9.21 Å². The van der Waals surface area contributed by atoms with Crippen LogP contribution in [0.25, 0.3) is 11.4 Å². The maximum atomic E-state index is 12.5. The minimum Gasteiger partial charge on any atom is -0.459 e. The van der Waals surface area contributed by atoms with Gasteiger partial charge in [-0.25, -0.2) is 9.97 Å². The molecule has 0 aromatic carbocycles. The number of nitrogens with zero attached hydrogens (tertiary/aromatic N) is 4. The third-order valence-corrected chi connectivity index (χ3v) is 4.57. The van der Waals surface area contributed by atoms with E-state index in [2.05, 4.69) is 20.3 Å². The highest BCUT2D eigenvalue weighted by Crippen LogP contribution is 2.20. The van der Waals surface area contributed by atoms with Crippen LogP contribution in [0.15, 0.2) is 53.4 Å². The molecule has 1 fully saturated rings. The Morgan fingerprint density at radius 3 is 3.00 bits per heavy atom. The summed E-state index contributed by atoms with van der Waals surface area (Å²) in [5.74, 6) is 1.72. The minimum absolute atomic E-state index is 0.0681. The standard InChI is InChI=1S/C20H21N5O2/c1-14-11-18(24-19(22-14)15-5-2-8-21-12-15)23-16-6-3-9-25(13-16)20(26)17-7-4-10-27-17/h2,4-5,7-8,10-12,16H,3,6,9,13H2,1H3,(H,22,23,24)/t16-/m0/s1. The van der Waals surface area contributed by atoms with E-state index in [1.165, 1.54) is 6.26 Å². The molecule has 1 atom stereocenters. The third kappa shape index (κ3) is 3.97. The summed E-state index contributed by atoms with van der Waals surface area (Å²) in [7, 11) is 0. The lowest BCUT2D eigenvalue weighted by atomic mass is 10.1. The van der Waals surface area contributed by atoms with Crippen molar-refractivity contribution >= 4 is 11.7 Å². The van der Waals surface area contributed by atoms with E-state index in [9.17, 15) is 4.79 Å². The number of hydrogen-bond acceptors (Lipinski definition) is 6. The molecule has 0 radical (unpaired) electrons. The molecule has 7 heteroatoms. The van der Waals surface area contributed by atoms with Gasteiger partial charge in [0.2, 0.25) is 0 Å². The van der Waals surface area contributed by atoms with E-state index in [0.717, 1.165) is 36.5 Å². The SMILES string of the molecule is Cc1cc(N[C@H]2CCCN(C(=O)c3ccco3)C2)nc(-c2cccnc2)n1. The van der Waals surface area contributed by atoms with Crippen molar-refractivity contribution in [3.05, 3.63) is 60.4 Å². The number of nitrogens with one attached hydrogen (secondary N) is 1. The van der Waals surface area contributed by atoms with Crippen LogP contribution in [0, 0.1) is 6.92 Å². The summed E-state index contributed by atoms with van der Waals surface area (Å²) in [5.41, 5.74) is 1.76. The highest BCUT2D eigenvalue weighted by atomic mass is 16.3. The summed E-state index contributed by atoms with van der Waals surface area (Å²) in [5, 5.41) is 3.47. The number of likely N-dealkylation sites (tertiary alicyclic amines) is 1. The zero-order chi connectivity index (χ0) is 18.6. The van der Waals surface area contributed by atoms with Crippen molar-refractivity contribution in [2.24, 2.45) is 0 Å². The number of anilines is 1. The van der Waals surface area contributed by atoms with Crippen LogP contribution in [0.2, 0.25) is 0 Å². The molecule has 0 unspecified atom stereocenters. The Balaban J connectivity index is 1.49. The van der Waals surface area contributed by atoms with Crippen LogP contribution in [0.5, 0.6) is 0 Å². The summed E-state index contributed by atoms with van der Waals surface area (Å²) in [6.07, 6.45) is 6.92. The Morgan fingerprint density at radius 1 is 1.30 bits per heavy atom. The van der Waals surface area contributed by atoms with Gasteiger partial charge in [-0.05, 0) is 44.0 Å². The molecule has 4 heterocycles. The molecule has 27 heavy (non-hydrogen) atoms. The molecule has 0 aliphatic carbocycles. The minimum atomic E-state index is -0.0681. The lowest BCUT2D eigenvalue weighted by Crippen LogP contribution is -2.45. The molecule has 1 saturated heterocycles. The number of carbonyl (C=O) groups excluding carboxylic acids is 1. The van der Waals surface area contributed by atoms with E-state index in [-0.39, 0.29) is 11.9 Å². The summed E-state index contributed by atoms with van der Waals surface area (Å²) < 4.78 is 5.24. The van der Waals surface area contributed by atoms with Gasteiger partial charge in [-0.1, -0.05) is 0 Å². The molecule has 1 N–H and O–H groups in total. The fourth-order valence-electron chi connectivity index (χ4n) is 3.31. The number of pyridine rings is 1. The van der Waals surface area contributed by atoms with Crippen LogP contribution >= 0.6 is 0 Å². The predicted octanol–water partition coefficient (Wildman–Crippen LogP) is 3.16. The van der Waals surface area contributed by atoms with Gasteiger partial charge in [0.15, 0.2) is 11.6 Å². The number of amides is 1. The number of carbonyl (C=O) groups is 1. The number of hydrogen-bond donors (Lipinski definition) is 1. The molecular weight excluding hydrogens is 342 g/mol. The molecule has 3 aromatic heterocycles. The molecular formula is C20H21N5O2. The largest absolute Gasteiger partial charge is 0.459 e. The topological polar surface area (TPSA) is 84.2 Å². The van der Waals surface area contributed by atoms with E-state index in [1.54, 1.807) is 24.5 Å². The highest BCUT2D eigenvalue weighted by molar-refractivity contribution is 5.91. The molecule has 138 valence electrons. The molecule has 0 spiro atoms. The molecule has 7 nitrogen and oxygen atoms in total. The average Bonchev–Trinajstić information content (AvgIpc) is 3.23. The fraction of sp³-hybridized carbons (Fsp3) is 0.300. The normalized spacial score (nSPS) is 16.9. The summed E-state index contributed by atoms with van der Waals surface area (Å²) in [6.45, 7) is 3.30. The van der Waals surface area contributed by atoms with Crippen LogP contribution in [-0.4, -0.2) is 44.9 Å². The fourth-order valence-corrected chi connectivity index (χ4v) is 3.31. The van der Waals surface area contributed by atoms with Crippen LogP contribution in [0.3, 0.4) is 0 Å². The number of aromatic nitrogens is 3. The number of furan rings is 1. The zero-order valence-electron chi connectivity index (χ0n) is 15.1. The monoisotopic (exact) mass is 363 g/mol. The predicted molar refractivity (Wildman–Crippen MR) is 101 cm³/mol. The highest BCUT2D eigenvalue weighted by Gasteiger charge is 2.26. The summed E-state index contributed by atoms with van der Waals surface area (Å²) >= 11 is 0. The molecule has 1 amide bonds. The second-order valence-electron chi connectivity index (χ2n) is 6.67. The maximum absolute atomic E-state index is 12.5. The lowest BCUT2D eigenvalue weighted by Gasteiger charge is -2.33. The molecule has 1 aliphatic rings. The van der Waals surface area contributed by atoms with Crippen LogP contribution in [0.4, 0.5) is 5.82 Å². The number of piperidine rings is 1. The molecule has 4 rings (SSSR count). The summed E-state index contributed by atoms with van der Waals surface area (Å²) in [4.78, 5) is 27.6. The van der Waals surface area contributed by atoms with E-state index in [1.807, 2.05) is 30.0 Å². The Labute approximate surface area is 157 Å². The van der Waals surface area contributed by atoms with Crippen molar-refractivity contribution in [3.63, 3.8) is 0 Å². The van der Waals surface area contributed by atoms with E-state index < -0.39 is 0 Å². The van der Waals surface area contributed by atoms with E-state index >= 15 is 0 Å². The first-order valence-electron chi connectivity index (χ1n) is 9.04. The number of aryl methyl sites for hydroxylation is 1. The first-order valence-corrected chi connectivity index (χ1v) is 9.04. The van der Waals surface area contributed by atoms with Crippen LogP contribution < -0.4 is 5.32 Å². The van der Waals surface area contributed by atoms with E-state index in [4.69, 9.17) is 4.42 Å². The van der Waals surface area contributed by atoms with E-state index in [0.29, 0.717) is 18.1 Å².